The molecule has 0 aliphatic heterocycles. The highest BCUT2D eigenvalue weighted by Crippen LogP contribution is 2.31. The van der Waals surface area contributed by atoms with Crippen molar-refractivity contribution in [3.63, 3.8) is 0 Å². The Morgan fingerprint density at radius 1 is 1.24 bits per heavy atom. The van der Waals surface area contributed by atoms with Crippen LogP contribution in [0, 0.1) is 0 Å². The number of rotatable bonds is 7. The van der Waals surface area contributed by atoms with Gasteiger partial charge in [0, 0.05) is 18.2 Å². The molecule has 0 bridgehead atoms. The van der Waals surface area contributed by atoms with Gasteiger partial charge in [-0.1, -0.05) is 0 Å². The van der Waals surface area contributed by atoms with Crippen molar-refractivity contribution in [2.45, 2.75) is 25.3 Å². The zero-order chi connectivity index (χ0) is 15.4. The predicted molar refractivity (Wildman–Crippen MR) is 75.9 cm³/mol. The molecule has 2 rings (SSSR count). The monoisotopic (exact) mass is 293 g/mol. The van der Waals surface area contributed by atoms with E-state index in [4.69, 9.17) is 14.6 Å². The third-order valence-corrected chi connectivity index (χ3v) is 3.45. The van der Waals surface area contributed by atoms with Crippen LogP contribution in [0.25, 0.3) is 0 Å². The lowest BCUT2D eigenvalue weighted by Gasteiger charge is -2.22. The lowest BCUT2D eigenvalue weighted by Crippen LogP contribution is -2.35. The summed E-state index contributed by atoms with van der Waals surface area (Å²) in [5.41, 5.74) is 0.477. The molecule has 1 aromatic rings. The molecular formula is C15H19NO5. The first-order chi connectivity index (χ1) is 10.1. The van der Waals surface area contributed by atoms with Crippen LogP contribution in [0.15, 0.2) is 18.2 Å². The lowest BCUT2D eigenvalue weighted by atomic mass is 10.1. The number of hydrogen-bond acceptors (Lipinski definition) is 4. The van der Waals surface area contributed by atoms with Gasteiger partial charge in [0.25, 0.3) is 5.91 Å². The zero-order valence-electron chi connectivity index (χ0n) is 12.2. The third kappa shape index (κ3) is 3.65. The number of carbonyl (C=O) groups excluding carboxylic acids is 1. The molecule has 0 atom stereocenters. The summed E-state index contributed by atoms with van der Waals surface area (Å²) in [6.07, 6.45) is 1.81. The highest BCUT2D eigenvalue weighted by Gasteiger charge is 2.33. The first-order valence-electron chi connectivity index (χ1n) is 6.81. The van der Waals surface area contributed by atoms with Crippen LogP contribution in [0.5, 0.6) is 11.5 Å². The average molecular weight is 293 g/mol. The Morgan fingerprint density at radius 3 is 2.43 bits per heavy atom. The molecule has 0 aromatic heterocycles. The van der Waals surface area contributed by atoms with Crippen molar-refractivity contribution in [3.05, 3.63) is 23.8 Å². The second-order valence-electron chi connectivity index (χ2n) is 4.94. The number of hydrogen-bond donors (Lipinski definition) is 1. The predicted octanol–water partition coefficient (Wildman–Crippen LogP) is 1.78. The molecule has 1 amide bonds. The number of aliphatic carboxylic acids is 1. The van der Waals surface area contributed by atoms with Crippen LogP contribution in [-0.2, 0) is 4.79 Å². The summed E-state index contributed by atoms with van der Waals surface area (Å²) in [6.45, 7) is 0.229. The summed E-state index contributed by atoms with van der Waals surface area (Å²) in [6, 6.07) is 5.12. The summed E-state index contributed by atoms with van der Waals surface area (Å²) < 4.78 is 10.3. The van der Waals surface area contributed by atoms with Crippen LogP contribution in [0.3, 0.4) is 0 Å². The van der Waals surface area contributed by atoms with E-state index in [1.54, 1.807) is 23.1 Å². The van der Waals surface area contributed by atoms with Gasteiger partial charge in [-0.25, -0.2) is 0 Å². The Bertz CT molecular complexity index is 539. The van der Waals surface area contributed by atoms with Crippen molar-refractivity contribution in [2.24, 2.45) is 0 Å². The Labute approximate surface area is 123 Å². The number of benzene rings is 1. The molecule has 0 heterocycles. The number of methoxy groups -OCH3 is 2. The Balaban J connectivity index is 2.18. The minimum atomic E-state index is -0.902. The second-order valence-corrected chi connectivity index (χ2v) is 4.94. The molecule has 114 valence electrons. The number of carbonyl (C=O) groups is 2. The summed E-state index contributed by atoms with van der Waals surface area (Å²) in [5, 5.41) is 8.79. The fourth-order valence-electron chi connectivity index (χ4n) is 2.19. The standard InChI is InChI=1S/C15H19NO5/c1-20-12-6-3-10(9-13(12)21-2)15(19)16(11-4-5-11)8-7-14(17)18/h3,6,9,11H,4-5,7-8H2,1-2H3,(H,17,18). The highest BCUT2D eigenvalue weighted by molar-refractivity contribution is 5.95. The number of ether oxygens (including phenoxy) is 2. The molecule has 1 saturated carbocycles. The van der Waals surface area contributed by atoms with Gasteiger partial charge in [0.15, 0.2) is 11.5 Å². The highest BCUT2D eigenvalue weighted by atomic mass is 16.5. The van der Waals surface area contributed by atoms with E-state index in [0.717, 1.165) is 12.8 Å². The normalized spacial score (nSPS) is 13.6. The van der Waals surface area contributed by atoms with Crippen molar-refractivity contribution in [1.82, 2.24) is 4.90 Å². The van der Waals surface area contributed by atoms with Crippen LogP contribution < -0.4 is 9.47 Å². The Hall–Kier alpha value is -2.24. The molecule has 0 radical (unpaired) electrons. The molecule has 6 nitrogen and oxygen atoms in total. The van der Waals surface area contributed by atoms with E-state index in [9.17, 15) is 9.59 Å². The zero-order valence-corrected chi connectivity index (χ0v) is 12.2. The van der Waals surface area contributed by atoms with Gasteiger partial charge in [0.1, 0.15) is 0 Å². The van der Waals surface area contributed by atoms with E-state index in [-0.39, 0.29) is 24.9 Å². The SMILES string of the molecule is COc1ccc(C(=O)N(CCC(=O)O)C2CC2)cc1OC. The van der Waals surface area contributed by atoms with Crippen LogP contribution in [0.4, 0.5) is 0 Å². The number of amides is 1. The molecule has 1 N–H and O–H groups in total. The molecule has 1 fully saturated rings. The van der Waals surface area contributed by atoms with Gasteiger partial charge in [-0.2, -0.15) is 0 Å². The second kappa shape index (κ2) is 6.47. The Kier molecular flexibility index (Phi) is 4.67. The number of carboxylic acid groups (broad SMARTS) is 1. The largest absolute Gasteiger partial charge is 0.493 e. The fraction of sp³-hybridized carbons (Fsp3) is 0.467. The number of carboxylic acids is 1. The average Bonchev–Trinajstić information content (AvgIpc) is 3.31. The van der Waals surface area contributed by atoms with Crippen molar-refractivity contribution >= 4 is 11.9 Å². The minimum Gasteiger partial charge on any atom is -0.493 e. The van der Waals surface area contributed by atoms with E-state index in [1.165, 1.54) is 14.2 Å². The van der Waals surface area contributed by atoms with Gasteiger partial charge in [0.05, 0.1) is 20.6 Å². The van der Waals surface area contributed by atoms with E-state index in [1.807, 2.05) is 0 Å². The smallest absolute Gasteiger partial charge is 0.305 e. The topological polar surface area (TPSA) is 76.1 Å². The van der Waals surface area contributed by atoms with Crippen molar-refractivity contribution in [3.8, 4) is 11.5 Å². The summed E-state index contributed by atoms with van der Waals surface area (Å²) in [5.74, 6) is -0.0321. The van der Waals surface area contributed by atoms with Gasteiger partial charge in [-0.05, 0) is 31.0 Å². The molecule has 0 saturated heterocycles. The first-order valence-corrected chi connectivity index (χ1v) is 6.81. The van der Waals surface area contributed by atoms with E-state index < -0.39 is 5.97 Å². The van der Waals surface area contributed by atoms with Gasteiger partial charge in [-0.3, -0.25) is 9.59 Å². The van der Waals surface area contributed by atoms with Gasteiger partial charge in [0.2, 0.25) is 0 Å². The van der Waals surface area contributed by atoms with Gasteiger partial charge >= 0.3 is 5.97 Å². The van der Waals surface area contributed by atoms with E-state index in [0.29, 0.717) is 17.1 Å². The third-order valence-electron chi connectivity index (χ3n) is 3.45. The van der Waals surface area contributed by atoms with Crippen LogP contribution in [-0.4, -0.2) is 48.7 Å². The maximum Gasteiger partial charge on any atom is 0.305 e. The fourth-order valence-corrected chi connectivity index (χ4v) is 2.19. The van der Waals surface area contributed by atoms with Gasteiger partial charge in [-0.15, -0.1) is 0 Å². The maximum absolute atomic E-state index is 12.5. The molecule has 0 spiro atoms. The summed E-state index contributed by atoms with van der Waals surface area (Å²) >= 11 is 0. The Morgan fingerprint density at radius 2 is 1.90 bits per heavy atom. The molecular weight excluding hydrogens is 274 g/mol. The molecule has 0 unspecified atom stereocenters. The minimum absolute atomic E-state index is 0.0461. The summed E-state index contributed by atoms with van der Waals surface area (Å²) in [4.78, 5) is 24.9. The lowest BCUT2D eigenvalue weighted by molar-refractivity contribution is -0.137. The molecule has 21 heavy (non-hydrogen) atoms. The van der Waals surface area contributed by atoms with Crippen molar-refractivity contribution in [1.29, 1.82) is 0 Å². The first kappa shape index (κ1) is 15.2. The van der Waals surface area contributed by atoms with E-state index >= 15 is 0 Å². The van der Waals surface area contributed by atoms with E-state index in [2.05, 4.69) is 0 Å². The van der Waals surface area contributed by atoms with Crippen LogP contribution in [0.1, 0.15) is 29.6 Å². The van der Waals surface area contributed by atoms with Crippen LogP contribution >= 0.6 is 0 Å². The van der Waals surface area contributed by atoms with Crippen molar-refractivity contribution in [2.75, 3.05) is 20.8 Å². The van der Waals surface area contributed by atoms with Gasteiger partial charge < -0.3 is 19.5 Å². The molecule has 6 heteroatoms. The van der Waals surface area contributed by atoms with Crippen molar-refractivity contribution < 1.29 is 24.2 Å². The number of nitrogens with zero attached hydrogens (tertiary/aromatic N) is 1. The summed E-state index contributed by atoms with van der Waals surface area (Å²) in [7, 11) is 3.04. The quantitative estimate of drug-likeness (QED) is 0.829. The molecule has 1 aliphatic carbocycles. The molecule has 1 aromatic carbocycles. The maximum atomic E-state index is 12.5. The molecule has 1 aliphatic rings. The van der Waals surface area contributed by atoms with Crippen LogP contribution in [0.2, 0.25) is 0 Å².